The normalized spacial score (nSPS) is 14.7. The lowest BCUT2D eigenvalue weighted by molar-refractivity contribution is -0.133. The maximum Gasteiger partial charge on any atom is 0.251 e. The van der Waals surface area contributed by atoms with E-state index in [1.807, 2.05) is 35.2 Å². The summed E-state index contributed by atoms with van der Waals surface area (Å²) in [6.07, 6.45) is 2.45. The molecule has 3 rings (SSSR count). The molecule has 1 aliphatic heterocycles. The zero-order valence-corrected chi connectivity index (χ0v) is 20.5. The number of carbonyl (C=O) groups excluding carboxylic acids is 3. The van der Waals surface area contributed by atoms with E-state index in [4.69, 9.17) is 9.47 Å². The van der Waals surface area contributed by atoms with Crippen molar-refractivity contribution in [3.8, 4) is 5.75 Å². The van der Waals surface area contributed by atoms with Crippen LogP contribution in [-0.2, 0) is 20.7 Å². The summed E-state index contributed by atoms with van der Waals surface area (Å²) in [5.41, 5.74) is 1.60. The minimum Gasteiger partial charge on any atom is -0.497 e. The van der Waals surface area contributed by atoms with Crippen LogP contribution in [0.2, 0.25) is 0 Å². The number of hydrogen-bond acceptors (Lipinski definition) is 5. The molecule has 8 heteroatoms. The van der Waals surface area contributed by atoms with Crippen LogP contribution in [0.4, 0.5) is 0 Å². The van der Waals surface area contributed by atoms with Gasteiger partial charge < -0.3 is 25.0 Å². The second-order valence-electron chi connectivity index (χ2n) is 8.67. The molecule has 0 unspecified atom stereocenters. The Bertz CT molecular complexity index is 957. The average Bonchev–Trinajstić information content (AvgIpc) is 2.91. The van der Waals surface area contributed by atoms with E-state index in [9.17, 15) is 14.4 Å². The van der Waals surface area contributed by atoms with Gasteiger partial charge in [0.15, 0.2) is 0 Å². The number of hydrogen-bond donors (Lipinski definition) is 2. The number of amides is 3. The maximum atomic E-state index is 13.0. The van der Waals surface area contributed by atoms with E-state index in [1.165, 1.54) is 0 Å². The molecule has 0 saturated carbocycles. The highest BCUT2D eigenvalue weighted by atomic mass is 16.5. The van der Waals surface area contributed by atoms with Gasteiger partial charge in [-0.15, -0.1) is 0 Å². The number of nitrogens with one attached hydrogen (secondary N) is 2. The summed E-state index contributed by atoms with van der Waals surface area (Å²) in [5.74, 6) is 0.145. The summed E-state index contributed by atoms with van der Waals surface area (Å²) in [4.78, 5) is 40.5. The monoisotopic (exact) mass is 481 g/mol. The molecule has 1 fully saturated rings. The highest BCUT2D eigenvalue weighted by Crippen LogP contribution is 2.23. The van der Waals surface area contributed by atoms with E-state index in [-0.39, 0.29) is 23.6 Å². The molecule has 2 aromatic carbocycles. The van der Waals surface area contributed by atoms with Crippen molar-refractivity contribution < 1.29 is 23.9 Å². The molecule has 1 saturated heterocycles. The summed E-state index contributed by atoms with van der Waals surface area (Å²) in [6, 6.07) is 16.0. The summed E-state index contributed by atoms with van der Waals surface area (Å²) >= 11 is 0. The fourth-order valence-electron chi connectivity index (χ4n) is 4.29. The van der Waals surface area contributed by atoms with E-state index in [0.29, 0.717) is 63.2 Å². The van der Waals surface area contributed by atoms with Gasteiger partial charge >= 0.3 is 0 Å². The van der Waals surface area contributed by atoms with Crippen LogP contribution in [0, 0.1) is 5.92 Å². The molecule has 0 aliphatic carbocycles. The van der Waals surface area contributed by atoms with Gasteiger partial charge in [0.2, 0.25) is 11.8 Å². The van der Waals surface area contributed by atoms with Crippen LogP contribution < -0.4 is 15.4 Å². The molecule has 0 aromatic heterocycles. The summed E-state index contributed by atoms with van der Waals surface area (Å²) < 4.78 is 10.2. The molecule has 2 N–H and O–H groups in total. The largest absolute Gasteiger partial charge is 0.497 e. The van der Waals surface area contributed by atoms with Gasteiger partial charge in [-0.2, -0.15) is 0 Å². The van der Waals surface area contributed by atoms with Crippen LogP contribution in [0.5, 0.6) is 5.75 Å². The van der Waals surface area contributed by atoms with E-state index >= 15 is 0 Å². The highest BCUT2D eigenvalue weighted by molar-refractivity contribution is 5.97. The van der Waals surface area contributed by atoms with Crippen molar-refractivity contribution in [2.45, 2.75) is 31.7 Å². The number of nitrogens with zero attached hydrogens (tertiary/aromatic N) is 1. The fraction of sp³-hybridized carbons (Fsp3) is 0.444. The Kier molecular flexibility index (Phi) is 10.1. The Morgan fingerprint density at radius 2 is 1.69 bits per heavy atom. The number of benzene rings is 2. The van der Waals surface area contributed by atoms with Crippen molar-refractivity contribution in [1.82, 2.24) is 15.5 Å². The molecular weight excluding hydrogens is 446 g/mol. The zero-order valence-electron chi connectivity index (χ0n) is 20.5. The third-order valence-electron chi connectivity index (χ3n) is 6.36. The van der Waals surface area contributed by atoms with Crippen LogP contribution in [0.3, 0.4) is 0 Å². The molecule has 1 atom stereocenters. The van der Waals surface area contributed by atoms with Crippen LogP contribution in [0.1, 0.15) is 35.2 Å². The lowest BCUT2D eigenvalue weighted by Crippen LogP contribution is -2.54. The van der Waals surface area contributed by atoms with E-state index in [0.717, 1.165) is 5.56 Å². The number of ether oxygens (including phenoxy) is 2. The standard InChI is InChI=1S/C27H35N3O5/c1-34-19-16-28-27(33)25(29-26(32)22-9-11-23(35-2)12-10-22)21-14-17-30(18-15-21)24(31)13-8-20-6-4-3-5-7-20/h3-7,9-12,21,25H,8,13-19H2,1-2H3,(H,28,33)(H,29,32)/t25-/m0/s1. The number of carbonyl (C=O) groups is 3. The van der Waals surface area contributed by atoms with Crippen molar-refractivity contribution in [3.63, 3.8) is 0 Å². The first kappa shape index (κ1) is 26.2. The topological polar surface area (TPSA) is 97.0 Å². The Balaban J connectivity index is 1.59. The lowest BCUT2D eigenvalue weighted by Gasteiger charge is -2.36. The zero-order chi connectivity index (χ0) is 25.0. The Morgan fingerprint density at radius 3 is 2.31 bits per heavy atom. The van der Waals surface area contributed by atoms with Crippen LogP contribution in [0.15, 0.2) is 54.6 Å². The molecule has 188 valence electrons. The predicted molar refractivity (Wildman–Crippen MR) is 133 cm³/mol. The highest BCUT2D eigenvalue weighted by Gasteiger charge is 2.33. The smallest absolute Gasteiger partial charge is 0.251 e. The minimum atomic E-state index is -0.692. The molecule has 0 bridgehead atoms. The van der Waals surface area contributed by atoms with Crippen LogP contribution in [-0.4, -0.2) is 69.1 Å². The van der Waals surface area contributed by atoms with E-state index in [2.05, 4.69) is 10.6 Å². The number of rotatable bonds is 11. The Labute approximate surface area is 207 Å². The van der Waals surface area contributed by atoms with Gasteiger partial charge in [-0.1, -0.05) is 30.3 Å². The molecule has 8 nitrogen and oxygen atoms in total. The Morgan fingerprint density at radius 1 is 1.00 bits per heavy atom. The van der Waals surface area contributed by atoms with Gasteiger partial charge in [0.25, 0.3) is 5.91 Å². The van der Waals surface area contributed by atoms with Crippen molar-refractivity contribution in [3.05, 3.63) is 65.7 Å². The molecular formula is C27H35N3O5. The van der Waals surface area contributed by atoms with Crippen molar-refractivity contribution in [2.75, 3.05) is 40.5 Å². The van der Waals surface area contributed by atoms with Gasteiger partial charge in [0.1, 0.15) is 11.8 Å². The molecule has 1 heterocycles. The first-order chi connectivity index (χ1) is 17.0. The first-order valence-electron chi connectivity index (χ1n) is 12.0. The lowest BCUT2D eigenvalue weighted by atomic mass is 9.88. The van der Waals surface area contributed by atoms with Crippen LogP contribution in [0.25, 0.3) is 0 Å². The summed E-state index contributed by atoms with van der Waals surface area (Å²) in [5, 5.41) is 5.77. The van der Waals surface area contributed by atoms with Gasteiger partial charge in [-0.05, 0) is 55.0 Å². The fourth-order valence-corrected chi connectivity index (χ4v) is 4.29. The molecule has 0 spiro atoms. The average molecular weight is 482 g/mol. The SMILES string of the molecule is COCCNC(=O)[C@@H](NC(=O)c1ccc(OC)cc1)C1CCN(C(=O)CCc2ccccc2)CC1. The number of aryl methyl sites for hydroxylation is 1. The molecule has 3 amide bonds. The summed E-state index contributed by atoms with van der Waals surface area (Å²) in [7, 11) is 3.13. The predicted octanol–water partition coefficient (Wildman–Crippen LogP) is 2.43. The van der Waals surface area contributed by atoms with E-state index < -0.39 is 6.04 Å². The minimum absolute atomic E-state index is 0.0714. The van der Waals surface area contributed by atoms with Gasteiger partial charge in [-0.25, -0.2) is 0 Å². The van der Waals surface area contributed by atoms with Crippen LogP contribution >= 0.6 is 0 Å². The number of likely N-dealkylation sites (tertiary alicyclic amines) is 1. The first-order valence-corrected chi connectivity index (χ1v) is 12.0. The van der Waals surface area contributed by atoms with Crippen molar-refractivity contribution >= 4 is 17.7 Å². The second-order valence-corrected chi connectivity index (χ2v) is 8.67. The van der Waals surface area contributed by atoms with Crippen molar-refractivity contribution in [1.29, 1.82) is 0 Å². The third-order valence-corrected chi connectivity index (χ3v) is 6.36. The maximum absolute atomic E-state index is 13.0. The molecule has 1 aliphatic rings. The molecule has 35 heavy (non-hydrogen) atoms. The third kappa shape index (κ3) is 7.82. The van der Waals surface area contributed by atoms with Crippen molar-refractivity contribution in [2.24, 2.45) is 5.92 Å². The van der Waals surface area contributed by atoms with Gasteiger partial charge in [0.05, 0.1) is 13.7 Å². The summed E-state index contributed by atoms with van der Waals surface area (Å²) in [6.45, 7) is 1.89. The van der Waals surface area contributed by atoms with E-state index in [1.54, 1.807) is 38.5 Å². The molecule has 2 aromatic rings. The Hall–Kier alpha value is -3.39. The number of piperidine rings is 1. The van der Waals surface area contributed by atoms with Gasteiger partial charge in [-0.3, -0.25) is 14.4 Å². The quantitative estimate of drug-likeness (QED) is 0.481. The van der Waals surface area contributed by atoms with Gasteiger partial charge in [0, 0.05) is 38.7 Å². The molecule has 0 radical (unpaired) electrons. The second kappa shape index (κ2) is 13.5. The number of methoxy groups -OCH3 is 2.